The molecule has 1 atom stereocenters. The molecule has 1 aliphatic carbocycles. The highest BCUT2D eigenvalue weighted by molar-refractivity contribution is 5.91. The fourth-order valence-corrected chi connectivity index (χ4v) is 3.97. The van der Waals surface area contributed by atoms with Crippen LogP contribution in [0.3, 0.4) is 0 Å². The van der Waals surface area contributed by atoms with Crippen LogP contribution in [-0.4, -0.2) is 57.7 Å². The highest BCUT2D eigenvalue weighted by atomic mass is 19.3. The molecular weight excluding hydrogens is 378 g/mol. The summed E-state index contributed by atoms with van der Waals surface area (Å²) in [5.74, 6) is -0.719. The van der Waals surface area contributed by atoms with Crippen molar-refractivity contribution in [3.05, 3.63) is 30.6 Å². The number of aromatic amines is 1. The third-order valence-electron chi connectivity index (χ3n) is 5.52. The maximum Gasteiger partial charge on any atom is 0.252 e. The quantitative estimate of drug-likeness (QED) is 0.698. The molecule has 0 bridgehead atoms. The lowest BCUT2D eigenvalue weighted by Crippen LogP contribution is -2.45. The van der Waals surface area contributed by atoms with Crippen molar-refractivity contribution < 1.29 is 13.5 Å². The number of nitrogens with zero attached hydrogens (tertiary/aromatic N) is 4. The lowest BCUT2D eigenvalue weighted by atomic mass is 9.88. The Balaban J connectivity index is 1.55. The van der Waals surface area contributed by atoms with Gasteiger partial charge in [0, 0.05) is 54.8 Å². The second-order valence-electron chi connectivity index (χ2n) is 7.76. The first kappa shape index (κ1) is 18.2. The summed E-state index contributed by atoms with van der Waals surface area (Å²) in [4.78, 5) is 19.1. The highest BCUT2D eigenvalue weighted by Crippen LogP contribution is 2.39. The average Bonchev–Trinajstić information content (AvgIpc) is 3.15. The van der Waals surface area contributed by atoms with E-state index in [-0.39, 0.29) is 24.9 Å². The van der Waals surface area contributed by atoms with E-state index >= 15 is 0 Å². The Morgan fingerprint density at radius 1 is 1.28 bits per heavy atom. The van der Waals surface area contributed by atoms with Gasteiger partial charge in [0.2, 0.25) is 0 Å². The van der Waals surface area contributed by atoms with Crippen LogP contribution in [0.4, 0.5) is 20.4 Å². The summed E-state index contributed by atoms with van der Waals surface area (Å²) < 4.78 is 32.1. The molecule has 2 fully saturated rings. The molecule has 7 nitrogen and oxygen atoms in total. The first-order valence-electron chi connectivity index (χ1n) is 9.79. The second-order valence-corrected chi connectivity index (χ2v) is 7.76. The van der Waals surface area contributed by atoms with E-state index in [0.29, 0.717) is 31.4 Å². The van der Waals surface area contributed by atoms with E-state index in [1.807, 2.05) is 24.4 Å². The SMILES string of the molecule is C[C@@H]1COCCN1c1cc(NC2CC(F)(F)C2)nc(-c2ccnc3[nH]ccc23)n1. The van der Waals surface area contributed by atoms with E-state index in [0.717, 1.165) is 22.4 Å². The van der Waals surface area contributed by atoms with Crippen molar-refractivity contribution >= 4 is 22.7 Å². The molecular formula is C20H22F2N6O. The van der Waals surface area contributed by atoms with Gasteiger partial charge >= 0.3 is 0 Å². The van der Waals surface area contributed by atoms with E-state index in [2.05, 4.69) is 32.1 Å². The second kappa shape index (κ2) is 6.91. The van der Waals surface area contributed by atoms with Crippen molar-refractivity contribution in [2.24, 2.45) is 0 Å². The lowest BCUT2D eigenvalue weighted by molar-refractivity contribution is -0.0794. The van der Waals surface area contributed by atoms with Gasteiger partial charge in [0.25, 0.3) is 5.92 Å². The number of anilines is 2. The van der Waals surface area contributed by atoms with Gasteiger partial charge in [0.1, 0.15) is 17.3 Å². The molecule has 29 heavy (non-hydrogen) atoms. The van der Waals surface area contributed by atoms with Crippen LogP contribution in [0.1, 0.15) is 19.8 Å². The summed E-state index contributed by atoms with van der Waals surface area (Å²) in [5.41, 5.74) is 1.60. The number of aromatic nitrogens is 4. The molecule has 0 aromatic carbocycles. The summed E-state index contributed by atoms with van der Waals surface area (Å²) >= 11 is 0. The number of hydrogen-bond acceptors (Lipinski definition) is 6. The summed E-state index contributed by atoms with van der Waals surface area (Å²) in [6, 6.07) is 5.53. The Labute approximate surface area is 166 Å². The molecule has 2 aliphatic rings. The van der Waals surface area contributed by atoms with Gasteiger partial charge in [-0.15, -0.1) is 0 Å². The predicted molar refractivity (Wildman–Crippen MR) is 106 cm³/mol. The highest BCUT2D eigenvalue weighted by Gasteiger charge is 2.45. The standard InChI is InChI=1S/C20H22F2N6O/c1-12-11-29-7-6-28(12)17-8-16(25-13-9-20(21,22)10-13)26-19(27-17)15-3-5-24-18-14(15)2-4-23-18/h2-5,8,12-13H,6-7,9-11H2,1H3,(H,23,24)(H,25,26,27)/t12-/m1/s1. The van der Waals surface area contributed by atoms with E-state index in [1.165, 1.54) is 0 Å². The Hall–Kier alpha value is -2.81. The van der Waals surface area contributed by atoms with Crippen LogP contribution in [0, 0.1) is 0 Å². The number of pyridine rings is 1. The van der Waals surface area contributed by atoms with Crippen molar-refractivity contribution in [2.45, 2.75) is 37.8 Å². The molecule has 3 aromatic heterocycles. The predicted octanol–water partition coefficient (Wildman–Crippen LogP) is 3.45. The van der Waals surface area contributed by atoms with Crippen molar-refractivity contribution in [1.29, 1.82) is 0 Å². The number of rotatable bonds is 4. The molecule has 0 amide bonds. The lowest BCUT2D eigenvalue weighted by Gasteiger charge is -2.37. The van der Waals surface area contributed by atoms with Crippen LogP contribution in [0.25, 0.3) is 22.4 Å². The van der Waals surface area contributed by atoms with Crippen molar-refractivity contribution in [2.75, 3.05) is 30.0 Å². The normalized spacial score (nSPS) is 21.9. The number of alkyl halides is 2. The minimum absolute atomic E-state index is 0.164. The van der Waals surface area contributed by atoms with Gasteiger partial charge in [0.15, 0.2) is 5.82 Å². The third-order valence-corrected chi connectivity index (χ3v) is 5.52. The number of halogens is 2. The number of nitrogens with one attached hydrogen (secondary N) is 2. The minimum Gasteiger partial charge on any atom is -0.377 e. The minimum atomic E-state index is -2.59. The molecule has 2 N–H and O–H groups in total. The molecule has 9 heteroatoms. The van der Waals surface area contributed by atoms with Gasteiger partial charge in [-0.2, -0.15) is 0 Å². The largest absolute Gasteiger partial charge is 0.377 e. The fourth-order valence-electron chi connectivity index (χ4n) is 3.97. The Kier molecular flexibility index (Phi) is 4.34. The molecule has 0 radical (unpaired) electrons. The number of H-pyrrole nitrogens is 1. The van der Waals surface area contributed by atoms with E-state index in [9.17, 15) is 8.78 Å². The summed E-state index contributed by atoms with van der Waals surface area (Å²) in [5, 5.41) is 4.09. The number of ether oxygens (including phenoxy) is 1. The fraction of sp³-hybridized carbons (Fsp3) is 0.450. The van der Waals surface area contributed by atoms with E-state index in [4.69, 9.17) is 9.72 Å². The topological polar surface area (TPSA) is 79.0 Å². The van der Waals surface area contributed by atoms with Crippen molar-refractivity contribution in [3.8, 4) is 11.4 Å². The summed E-state index contributed by atoms with van der Waals surface area (Å²) in [6.45, 7) is 4.04. The van der Waals surface area contributed by atoms with E-state index < -0.39 is 5.92 Å². The van der Waals surface area contributed by atoms with Gasteiger partial charge in [-0.25, -0.2) is 23.7 Å². The Bertz CT molecular complexity index is 1030. The maximum absolute atomic E-state index is 13.3. The molecule has 0 unspecified atom stereocenters. The van der Waals surface area contributed by atoms with Gasteiger partial charge in [-0.05, 0) is 19.1 Å². The smallest absolute Gasteiger partial charge is 0.252 e. The molecule has 152 valence electrons. The molecule has 1 saturated carbocycles. The summed E-state index contributed by atoms with van der Waals surface area (Å²) in [6.07, 6.45) is 3.19. The third kappa shape index (κ3) is 3.50. The van der Waals surface area contributed by atoms with Gasteiger partial charge in [-0.3, -0.25) is 0 Å². The number of morpholine rings is 1. The Morgan fingerprint density at radius 3 is 2.93 bits per heavy atom. The summed E-state index contributed by atoms with van der Waals surface area (Å²) in [7, 11) is 0. The average molecular weight is 400 g/mol. The molecule has 1 aliphatic heterocycles. The van der Waals surface area contributed by atoms with Crippen LogP contribution in [-0.2, 0) is 4.74 Å². The first-order chi connectivity index (χ1) is 14.0. The molecule has 5 rings (SSSR count). The maximum atomic E-state index is 13.3. The van der Waals surface area contributed by atoms with Crippen LogP contribution >= 0.6 is 0 Å². The monoisotopic (exact) mass is 400 g/mol. The number of fused-ring (bicyclic) bond motifs is 1. The van der Waals surface area contributed by atoms with Gasteiger partial charge in [-0.1, -0.05) is 0 Å². The zero-order chi connectivity index (χ0) is 20.0. The van der Waals surface area contributed by atoms with Crippen LogP contribution in [0.2, 0.25) is 0 Å². The van der Waals surface area contributed by atoms with Gasteiger partial charge < -0.3 is 19.9 Å². The Morgan fingerprint density at radius 2 is 2.14 bits per heavy atom. The van der Waals surface area contributed by atoms with Crippen LogP contribution < -0.4 is 10.2 Å². The molecule has 3 aromatic rings. The van der Waals surface area contributed by atoms with Crippen molar-refractivity contribution in [3.63, 3.8) is 0 Å². The van der Waals surface area contributed by atoms with Crippen LogP contribution in [0.15, 0.2) is 30.6 Å². The van der Waals surface area contributed by atoms with Gasteiger partial charge in [0.05, 0.1) is 19.3 Å². The molecule has 0 spiro atoms. The number of hydrogen-bond donors (Lipinski definition) is 2. The first-order valence-corrected chi connectivity index (χ1v) is 9.79. The van der Waals surface area contributed by atoms with Crippen molar-refractivity contribution in [1.82, 2.24) is 19.9 Å². The molecule has 1 saturated heterocycles. The zero-order valence-corrected chi connectivity index (χ0v) is 16.0. The molecule has 4 heterocycles. The van der Waals surface area contributed by atoms with Crippen LogP contribution in [0.5, 0.6) is 0 Å². The van der Waals surface area contributed by atoms with E-state index in [1.54, 1.807) is 6.20 Å². The zero-order valence-electron chi connectivity index (χ0n) is 16.0.